The molecule has 0 bridgehead atoms. The van der Waals surface area contributed by atoms with Gasteiger partial charge >= 0.3 is 5.97 Å². The number of nitrogens with zero attached hydrogens (tertiary/aromatic N) is 2. The Morgan fingerprint density at radius 2 is 1.46 bits per heavy atom. The molecule has 11 heteroatoms. The van der Waals surface area contributed by atoms with Crippen LogP contribution >= 0.6 is 0 Å². The molecule has 0 fully saturated rings. The topological polar surface area (TPSA) is 152 Å². The minimum Gasteiger partial charge on any atom is -0.460 e. The highest BCUT2D eigenvalue weighted by Gasteiger charge is 2.21. The maximum Gasteiger partial charge on any atom is 0.344 e. The molecular weight excluding hydrogens is 484 g/mol. The summed E-state index contributed by atoms with van der Waals surface area (Å²) < 4.78 is 16.4. The average Bonchev–Trinajstić information content (AvgIpc) is 2.85. The van der Waals surface area contributed by atoms with Crippen LogP contribution in [0.1, 0.15) is 36.7 Å². The second-order valence-electron chi connectivity index (χ2n) is 9.11. The number of carbonyl (C=O) groups excluding carboxylic acids is 1. The molecule has 3 aromatic carbocycles. The summed E-state index contributed by atoms with van der Waals surface area (Å²) in [7, 11) is 0. The monoisotopic (exact) mass is 504 g/mol. The van der Waals surface area contributed by atoms with Crippen LogP contribution in [0.2, 0.25) is 0 Å². The number of hydrogen-bond donors (Lipinski definition) is 0. The van der Waals surface area contributed by atoms with Crippen LogP contribution in [0.3, 0.4) is 0 Å². The predicted octanol–water partition coefficient (Wildman–Crippen LogP) is 5.92. The minimum atomic E-state index is -1.06. The molecule has 0 aliphatic heterocycles. The number of carbonyl (C=O) groups is 1. The quantitative estimate of drug-likeness (QED) is 0.135. The number of benzene rings is 3. The molecule has 0 aliphatic rings. The van der Waals surface area contributed by atoms with E-state index in [1.807, 2.05) is 12.1 Å². The molecule has 4 rings (SSSR count). The fraction of sp³-hybridized carbons (Fsp3) is 0.154. The van der Waals surface area contributed by atoms with Crippen LogP contribution in [0.5, 0.6) is 17.2 Å². The Bertz CT molecular complexity index is 1570. The van der Waals surface area contributed by atoms with Crippen molar-refractivity contribution < 1.29 is 28.5 Å². The summed E-state index contributed by atoms with van der Waals surface area (Å²) in [6, 6.07) is 13.8. The number of ether oxygens (including phenoxy) is 2. The maximum atomic E-state index is 12.9. The third-order valence-electron chi connectivity index (χ3n) is 5.43. The zero-order valence-corrected chi connectivity index (χ0v) is 19.9. The first-order chi connectivity index (χ1) is 17.4. The van der Waals surface area contributed by atoms with Gasteiger partial charge in [-0.2, -0.15) is 0 Å². The van der Waals surface area contributed by atoms with E-state index in [4.69, 9.17) is 13.9 Å². The molecule has 0 radical (unpaired) electrons. The van der Waals surface area contributed by atoms with Gasteiger partial charge in [0, 0.05) is 18.2 Å². The van der Waals surface area contributed by atoms with Crippen LogP contribution < -0.4 is 14.9 Å². The first-order valence-corrected chi connectivity index (χ1v) is 10.9. The molecule has 0 aliphatic carbocycles. The second-order valence-corrected chi connectivity index (χ2v) is 9.11. The lowest BCUT2D eigenvalue weighted by Crippen LogP contribution is -2.11. The molecular formula is C26H20N2O9. The smallest absolute Gasteiger partial charge is 0.344 e. The SMILES string of the molecule is CC(C)(C)c1ccc(Oc2coc3cc(OC(=O)c4cc([N+](=O)[O-])cc([N+](=O)[O-])c4)ccc3c2=O)cc1. The van der Waals surface area contributed by atoms with E-state index in [0.29, 0.717) is 5.75 Å². The summed E-state index contributed by atoms with van der Waals surface area (Å²) >= 11 is 0. The summed E-state index contributed by atoms with van der Waals surface area (Å²) in [6.07, 6.45) is 1.14. The Labute approximate surface area is 209 Å². The van der Waals surface area contributed by atoms with Gasteiger partial charge in [0.15, 0.2) is 0 Å². The molecule has 0 saturated carbocycles. The lowest BCUT2D eigenvalue weighted by Gasteiger charge is -2.19. The van der Waals surface area contributed by atoms with Gasteiger partial charge in [-0.05, 0) is 35.2 Å². The fourth-order valence-corrected chi connectivity index (χ4v) is 3.46. The number of nitro groups is 2. The van der Waals surface area contributed by atoms with Gasteiger partial charge in [-0.1, -0.05) is 32.9 Å². The minimum absolute atomic E-state index is 0.0361. The average molecular weight is 504 g/mol. The van der Waals surface area contributed by atoms with E-state index in [2.05, 4.69) is 20.8 Å². The standard InChI is InChI=1S/C26H20N2O9/c1-26(2,3)16-4-6-19(7-5-16)36-23-14-35-22-13-20(8-9-21(22)24(23)29)37-25(30)15-10-17(27(31)32)12-18(11-15)28(33)34/h4-14H,1-3H3. The lowest BCUT2D eigenvalue weighted by atomic mass is 9.87. The van der Waals surface area contributed by atoms with E-state index in [1.54, 1.807) is 12.1 Å². The Kier molecular flexibility index (Phi) is 6.45. The largest absolute Gasteiger partial charge is 0.460 e. The van der Waals surface area contributed by atoms with Crippen molar-refractivity contribution >= 4 is 28.3 Å². The third kappa shape index (κ3) is 5.45. The van der Waals surface area contributed by atoms with Crippen LogP contribution in [0.15, 0.2) is 76.1 Å². The van der Waals surface area contributed by atoms with E-state index in [0.717, 1.165) is 30.0 Å². The van der Waals surface area contributed by atoms with Crippen molar-refractivity contribution in [3.63, 3.8) is 0 Å². The number of rotatable bonds is 6. The van der Waals surface area contributed by atoms with Crippen molar-refractivity contribution in [2.45, 2.75) is 26.2 Å². The van der Waals surface area contributed by atoms with E-state index < -0.39 is 32.6 Å². The fourth-order valence-electron chi connectivity index (χ4n) is 3.46. The van der Waals surface area contributed by atoms with Crippen molar-refractivity contribution in [1.29, 1.82) is 0 Å². The first-order valence-electron chi connectivity index (χ1n) is 10.9. The van der Waals surface area contributed by atoms with Gasteiger partial charge in [0.25, 0.3) is 11.4 Å². The van der Waals surface area contributed by atoms with Gasteiger partial charge in [0.1, 0.15) is 23.3 Å². The van der Waals surface area contributed by atoms with Crippen molar-refractivity contribution in [2.24, 2.45) is 0 Å². The van der Waals surface area contributed by atoms with E-state index in [-0.39, 0.29) is 33.4 Å². The number of non-ortho nitro benzene ring substituents is 2. The Morgan fingerprint density at radius 1 is 0.865 bits per heavy atom. The molecule has 4 aromatic rings. The van der Waals surface area contributed by atoms with Crippen molar-refractivity contribution in [2.75, 3.05) is 0 Å². The molecule has 0 saturated heterocycles. The van der Waals surface area contributed by atoms with Gasteiger partial charge in [0.05, 0.1) is 26.9 Å². The normalized spacial score (nSPS) is 11.2. The summed E-state index contributed by atoms with van der Waals surface area (Å²) in [4.78, 5) is 45.8. The van der Waals surface area contributed by atoms with E-state index in [9.17, 15) is 29.8 Å². The van der Waals surface area contributed by atoms with Crippen molar-refractivity contribution in [3.8, 4) is 17.2 Å². The van der Waals surface area contributed by atoms with Crippen LogP contribution in [0.25, 0.3) is 11.0 Å². The Hall–Kier alpha value is -5.06. The third-order valence-corrected chi connectivity index (χ3v) is 5.43. The Balaban J connectivity index is 1.57. The number of fused-ring (bicyclic) bond motifs is 1. The summed E-state index contributed by atoms with van der Waals surface area (Å²) in [6.45, 7) is 6.25. The molecule has 11 nitrogen and oxygen atoms in total. The predicted molar refractivity (Wildman–Crippen MR) is 132 cm³/mol. The van der Waals surface area contributed by atoms with E-state index >= 15 is 0 Å². The summed E-state index contributed by atoms with van der Waals surface area (Å²) in [5.74, 6) is -0.686. The highest BCUT2D eigenvalue weighted by molar-refractivity contribution is 5.93. The van der Waals surface area contributed by atoms with Crippen LogP contribution in [-0.4, -0.2) is 15.8 Å². The van der Waals surface area contributed by atoms with E-state index in [1.165, 1.54) is 18.2 Å². The highest BCUT2D eigenvalue weighted by atomic mass is 16.6. The molecule has 0 N–H and O–H groups in total. The first kappa shape index (κ1) is 25.0. The van der Waals surface area contributed by atoms with Crippen LogP contribution in [0, 0.1) is 20.2 Å². The number of nitro benzene ring substituents is 2. The van der Waals surface area contributed by atoms with Gasteiger partial charge in [-0.15, -0.1) is 0 Å². The molecule has 1 heterocycles. The van der Waals surface area contributed by atoms with Crippen LogP contribution in [-0.2, 0) is 5.41 Å². The zero-order valence-electron chi connectivity index (χ0n) is 19.9. The van der Waals surface area contributed by atoms with Crippen LogP contribution in [0.4, 0.5) is 11.4 Å². The second kappa shape index (κ2) is 9.53. The highest BCUT2D eigenvalue weighted by Crippen LogP contribution is 2.28. The van der Waals surface area contributed by atoms with Gasteiger partial charge in [-0.25, -0.2) is 4.79 Å². The zero-order chi connectivity index (χ0) is 26.9. The molecule has 37 heavy (non-hydrogen) atoms. The lowest BCUT2D eigenvalue weighted by molar-refractivity contribution is -0.394. The molecule has 0 unspecified atom stereocenters. The molecule has 188 valence electrons. The summed E-state index contributed by atoms with van der Waals surface area (Å²) in [5, 5.41) is 22.3. The molecule has 0 atom stereocenters. The molecule has 0 spiro atoms. The summed E-state index contributed by atoms with van der Waals surface area (Å²) in [5.41, 5.74) is -0.941. The van der Waals surface area contributed by atoms with Gasteiger partial charge in [0.2, 0.25) is 11.2 Å². The van der Waals surface area contributed by atoms with Gasteiger partial charge in [-0.3, -0.25) is 25.0 Å². The van der Waals surface area contributed by atoms with Crippen molar-refractivity contribution in [3.05, 3.63) is 109 Å². The van der Waals surface area contributed by atoms with Crippen molar-refractivity contribution in [1.82, 2.24) is 0 Å². The molecule has 0 amide bonds. The Morgan fingerprint density at radius 3 is 2.03 bits per heavy atom. The van der Waals surface area contributed by atoms with Gasteiger partial charge < -0.3 is 13.9 Å². The number of hydrogen-bond acceptors (Lipinski definition) is 9. The maximum absolute atomic E-state index is 12.9. The molecule has 1 aromatic heterocycles. The number of esters is 1.